The number of fused-ring (bicyclic) bond motifs is 5. The molecule has 132 valence electrons. The zero-order chi connectivity index (χ0) is 18.5. The quantitative estimate of drug-likeness (QED) is 0.371. The van der Waals surface area contributed by atoms with Crippen molar-refractivity contribution in [2.24, 2.45) is 0 Å². The van der Waals surface area contributed by atoms with Gasteiger partial charge in [0.2, 0.25) is 0 Å². The first-order valence-corrected chi connectivity index (χ1v) is 9.67. The smallest absolute Gasteiger partial charge is 0.263 e. The molecule has 5 rings (SSSR count). The molecule has 3 aromatic rings. The molecule has 2 aliphatic heterocycles. The van der Waals surface area contributed by atoms with Crippen LogP contribution in [0.2, 0.25) is 5.02 Å². The predicted octanol–water partition coefficient (Wildman–Crippen LogP) is 5.97. The Morgan fingerprint density at radius 2 is 1.78 bits per heavy atom. The van der Waals surface area contributed by atoms with E-state index in [0.29, 0.717) is 5.02 Å². The third-order valence-corrected chi connectivity index (χ3v) is 6.18. The van der Waals surface area contributed by atoms with Crippen LogP contribution in [0, 0.1) is 0 Å². The summed E-state index contributed by atoms with van der Waals surface area (Å²) in [5.41, 5.74) is 2.78. The number of methoxy groups -OCH3 is 1. The summed E-state index contributed by atoms with van der Waals surface area (Å²) in [6.45, 7) is 0. The Morgan fingerprint density at radius 3 is 2.56 bits per heavy atom. The number of benzene rings is 3. The third-order valence-electron chi connectivity index (χ3n) is 4.76. The lowest BCUT2D eigenvalue weighted by Crippen LogP contribution is -2.13. The van der Waals surface area contributed by atoms with E-state index in [-0.39, 0.29) is 5.56 Å². The summed E-state index contributed by atoms with van der Waals surface area (Å²) in [5, 5.41) is 2.34. The van der Waals surface area contributed by atoms with Crippen LogP contribution in [0.4, 0.5) is 0 Å². The van der Waals surface area contributed by atoms with Crippen molar-refractivity contribution in [2.45, 2.75) is 0 Å². The zero-order valence-electron chi connectivity index (χ0n) is 14.4. The number of rotatable bonds is 2. The summed E-state index contributed by atoms with van der Waals surface area (Å²) in [5.74, 6) is 0.763. The zero-order valence-corrected chi connectivity index (χ0v) is 16.0. The Morgan fingerprint density at radius 1 is 0.963 bits per heavy atom. The molecule has 3 aromatic carbocycles. The van der Waals surface area contributed by atoms with Crippen molar-refractivity contribution < 1.29 is 4.74 Å². The molecule has 3 nitrogen and oxygen atoms in total. The van der Waals surface area contributed by atoms with Crippen molar-refractivity contribution in [3.05, 3.63) is 82.1 Å². The first-order valence-electron chi connectivity index (χ1n) is 8.47. The molecule has 0 aromatic heterocycles. The fraction of sp³-hybridized carbons (Fsp3) is 0.0455. The van der Waals surface area contributed by atoms with Gasteiger partial charge in [-0.25, -0.2) is 0 Å². The number of aromatic nitrogens is 1. The van der Waals surface area contributed by atoms with E-state index in [9.17, 15) is 4.79 Å². The van der Waals surface area contributed by atoms with Crippen LogP contribution in [0.25, 0.3) is 37.1 Å². The molecular formula is C22H14ClNO2S. The Bertz CT molecular complexity index is 1350. The van der Waals surface area contributed by atoms with Gasteiger partial charge < -0.3 is 4.74 Å². The van der Waals surface area contributed by atoms with Crippen LogP contribution in [0.15, 0.2) is 71.5 Å². The van der Waals surface area contributed by atoms with Crippen LogP contribution in [-0.4, -0.2) is 11.7 Å². The molecule has 0 saturated carbocycles. The first kappa shape index (κ1) is 16.4. The molecule has 0 N–H and O–H groups in total. The highest BCUT2D eigenvalue weighted by Crippen LogP contribution is 2.41. The number of hydrogen-bond donors (Lipinski definition) is 0. The fourth-order valence-electron chi connectivity index (χ4n) is 3.54. The highest BCUT2D eigenvalue weighted by atomic mass is 35.5. The minimum absolute atomic E-state index is 0.00755. The summed E-state index contributed by atoms with van der Waals surface area (Å²) in [7, 11) is 1.64. The second kappa shape index (κ2) is 6.12. The maximum absolute atomic E-state index is 13.2. The monoisotopic (exact) mass is 391 g/mol. The Hall–Kier alpha value is -2.82. The topological polar surface area (TPSA) is 31.2 Å². The van der Waals surface area contributed by atoms with Crippen LogP contribution in [0.5, 0.6) is 5.75 Å². The SMILES string of the molecule is COc1ccc2c(c1)sc(-c1cccc(Cl)c1)c1c3ccccc3c(=O)n2-1. The van der Waals surface area contributed by atoms with Crippen LogP contribution < -0.4 is 10.3 Å². The van der Waals surface area contributed by atoms with E-state index in [2.05, 4.69) is 0 Å². The Labute approximate surface area is 164 Å². The number of hydrogen-bond acceptors (Lipinski definition) is 3. The minimum Gasteiger partial charge on any atom is -0.497 e. The molecule has 0 unspecified atom stereocenters. The van der Waals surface area contributed by atoms with Gasteiger partial charge in [0.15, 0.2) is 0 Å². The Balaban J connectivity index is 2.02. The largest absolute Gasteiger partial charge is 0.497 e. The van der Waals surface area contributed by atoms with Crippen LogP contribution >= 0.6 is 22.9 Å². The van der Waals surface area contributed by atoms with Crippen LogP contribution in [0.1, 0.15) is 0 Å². The molecule has 0 amide bonds. The highest BCUT2D eigenvalue weighted by molar-refractivity contribution is 7.22. The van der Waals surface area contributed by atoms with Gasteiger partial charge in [-0.15, -0.1) is 11.3 Å². The summed E-state index contributed by atoms with van der Waals surface area (Å²) >= 11 is 7.89. The molecule has 27 heavy (non-hydrogen) atoms. The number of nitrogens with zero attached hydrogens (tertiary/aromatic N) is 1. The van der Waals surface area contributed by atoms with E-state index < -0.39 is 0 Å². The van der Waals surface area contributed by atoms with Crippen molar-refractivity contribution in [3.8, 4) is 21.9 Å². The maximum Gasteiger partial charge on any atom is 0.263 e. The molecular weight excluding hydrogens is 378 g/mol. The van der Waals surface area contributed by atoms with E-state index in [0.717, 1.165) is 42.9 Å². The maximum atomic E-state index is 13.2. The summed E-state index contributed by atoms with van der Waals surface area (Å²) in [6, 6.07) is 21.3. The van der Waals surface area contributed by atoms with Crippen LogP contribution in [-0.2, 0) is 0 Å². The molecule has 0 bridgehead atoms. The number of halogens is 1. The van der Waals surface area contributed by atoms with Gasteiger partial charge in [0.05, 0.1) is 27.9 Å². The van der Waals surface area contributed by atoms with Gasteiger partial charge >= 0.3 is 0 Å². The summed E-state index contributed by atoms with van der Waals surface area (Å²) < 4.78 is 8.18. The molecule has 0 radical (unpaired) electrons. The molecule has 5 heteroatoms. The average molecular weight is 392 g/mol. The molecule has 0 atom stereocenters. The van der Waals surface area contributed by atoms with Crippen molar-refractivity contribution in [3.63, 3.8) is 0 Å². The van der Waals surface area contributed by atoms with Crippen molar-refractivity contribution in [1.29, 1.82) is 0 Å². The third kappa shape index (κ3) is 2.45. The van der Waals surface area contributed by atoms with Crippen molar-refractivity contribution in [1.82, 2.24) is 4.57 Å². The first-order chi connectivity index (χ1) is 13.2. The summed E-state index contributed by atoms with van der Waals surface area (Å²) in [4.78, 5) is 14.2. The molecule has 0 aliphatic carbocycles. The van der Waals surface area contributed by atoms with E-state index in [1.807, 2.05) is 71.3 Å². The van der Waals surface area contributed by atoms with Gasteiger partial charge in [-0.1, -0.05) is 41.9 Å². The molecule has 0 saturated heterocycles. The molecule has 2 aliphatic rings. The van der Waals surface area contributed by atoms with Gasteiger partial charge in [0, 0.05) is 15.8 Å². The van der Waals surface area contributed by atoms with E-state index in [1.165, 1.54) is 0 Å². The van der Waals surface area contributed by atoms with Gasteiger partial charge in [-0.3, -0.25) is 9.36 Å². The normalized spacial score (nSPS) is 11.5. The van der Waals surface area contributed by atoms with E-state index >= 15 is 0 Å². The van der Waals surface area contributed by atoms with Gasteiger partial charge in [-0.2, -0.15) is 0 Å². The van der Waals surface area contributed by atoms with E-state index in [4.69, 9.17) is 16.3 Å². The van der Waals surface area contributed by atoms with Crippen LogP contribution in [0.3, 0.4) is 0 Å². The van der Waals surface area contributed by atoms with E-state index in [1.54, 1.807) is 18.4 Å². The minimum atomic E-state index is -0.00755. The molecule has 0 fully saturated rings. The lowest BCUT2D eigenvalue weighted by atomic mass is 10.1. The van der Waals surface area contributed by atoms with Crippen molar-refractivity contribution >= 4 is 43.9 Å². The lowest BCUT2D eigenvalue weighted by molar-refractivity contribution is 0.415. The molecule has 0 spiro atoms. The van der Waals surface area contributed by atoms with Gasteiger partial charge in [-0.05, 0) is 42.0 Å². The second-order valence-electron chi connectivity index (χ2n) is 6.31. The average Bonchev–Trinajstić information content (AvgIpc) is 3.00. The standard InChI is InChI=1S/C22H14ClNO2S/c1-26-15-9-10-18-19(12-15)27-21(13-5-4-6-14(23)11-13)20-16-7-2-3-8-17(16)22(25)24(18)20/h2-12H,1H3. The Kier molecular flexibility index (Phi) is 3.71. The second-order valence-corrected chi connectivity index (χ2v) is 7.80. The summed E-state index contributed by atoms with van der Waals surface area (Å²) in [6.07, 6.45) is 0. The molecule has 2 heterocycles. The predicted molar refractivity (Wildman–Crippen MR) is 113 cm³/mol. The van der Waals surface area contributed by atoms with Gasteiger partial charge in [0.1, 0.15) is 5.75 Å². The lowest BCUT2D eigenvalue weighted by Gasteiger charge is -2.15. The highest BCUT2D eigenvalue weighted by Gasteiger charge is 2.22. The number of ether oxygens (including phenoxy) is 1. The van der Waals surface area contributed by atoms with Crippen molar-refractivity contribution in [2.75, 3.05) is 7.11 Å². The fourth-order valence-corrected chi connectivity index (χ4v) is 4.94. The van der Waals surface area contributed by atoms with Gasteiger partial charge in [0.25, 0.3) is 5.56 Å².